The highest BCUT2D eigenvalue weighted by atomic mass is 79.9. The van der Waals surface area contributed by atoms with Crippen LogP contribution < -0.4 is 5.32 Å². The van der Waals surface area contributed by atoms with Crippen LogP contribution in [0.3, 0.4) is 0 Å². The Balaban J connectivity index is 1.78. The maximum absolute atomic E-state index is 11.9. The van der Waals surface area contributed by atoms with Gasteiger partial charge in [-0.2, -0.15) is 0 Å². The lowest BCUT2D eigenvalue weighted by Crippen LogP contribution is -2.56. The molecule has 2 amide bonds. The molecule has 108 valence electrons. The number of likely N-dealkylation sites (tertiary alicyclic amines) is 1. The van der Waals surface area contributed by atoms with Crippen LogP contribution in [-0.4, -0.2) is 35.1 Å². The summed E-state index contributed by atoms with van der Waals surface area (Å²) in [5, 5.41) is 11.7. The molecule has 0 spiro atoms. The molecule has 0 saturated carbocycles. The summed E-state index contributed by atoms with van der Waals surface area (Å²) < 4.78 is 0.960. The van der Waals surface area contributed by atoms with Crippen molar-refractivity contribution in [1.29, 1.82) is 0 Å². The number of amides is 2. The molecule has 1 atom stereocenters. The maximum Gasteiger partial charge on any atom is 0.317 e. The Morgan fingerprint density at radius 1 is 1.45 bits per heavy atom. The zero-order chi connectivity index (χ0) is 14.7. The Labute approximate surface area is 126 Å². The number of carbonyl (C=O) groups excluding carboxylic acids is 1. The van der Waals surface area contributed by atoms with Crippen molar-refractivity contribution in [2.24, 2.45) is 11.8 Å². The van der Waals surface area contributed by atoms with E-state index in [2.05, 4.69) is 21.2 Å². The van der Waals surface area contributed by atoms with Gasteiger partial charge in [-0.15, -0.1) is 0 Å². The van der Waals surface area contributed by atoms with Gasteiger partial charge >= 0.3 is 12.0 Å². The van der Waals surface area contributed by atoms with E-state index in [1.165, 1.54) is 0 Å². The number of carboxylic acids is 1. The van der Waals surface area contributed by atoms with Crippen LogP contribution in [0.15, 0.2) is 28.7 Å². The minimum Gasteiger partial charge on any atom is -0.481 e. The summed E-state index contributed by atoms with van der Waals surface area (Å²) in [6.45, 7) is 3.16. The van der Waals surface area contributed by atoms with Crippen molar-refractivity contribution in [2.75, 3.05) is 13.1 Å². The van der Waals surface area contributed by atoms with Gasteiger partial charge in [0.1, 0.15) is 0 Å². The van der Waals surface area contributed by atoms with Crippen LogP contribution in [0.2, 0.25) is 0 Å². The largest absolute Gasteiger partial charge is 0.481 e. The Bertz CT molecular complexity index is 515. The van der Waals surface area contributed by atoms with Gasteiger partial charge in [0.05, 0.1) is 5.92 Å². The molecule has 1 aliphatic rings. The summed E-state index contributed by atoms with van der Waals surface area (Å²) in [4.78, 5) is 24.4. The molecule has 20 heavy (non-hydrogen) atoms. The number of halogens is 1. The topological polar surface area (TPSA) is 69.6 Å². The third kappa shape index (κ3) is 3.30. The summed E-state index contributed by atoms with van der Waals surface area (Å²) in [7, 11) is 0. The maximum atomic E-state index is 11.9. The van der Waals surface area contributed by atoms with Gasteiger partial charge in [0, 0.05) is 30.0 Å². The smallest absolute Gasteiger partial charge is 0.317 e. The number of urea groups is 1. The van der Waals surface area contributed by atoms with Gasteiger partial charge in [-0.25, -0.2) is 4.79 Å². The standard InChI is InChI=1S/C14H17BrN2O3/c1-9(13(18)19)11-7-17(8-11)14(20)16-6-10-4-2-3-5-12(10)15/h2-5,9,11H,6-8H2,1H3,(H,16,20)(H,18,19). The van der Waals surface area contributed by atoms with Crippen molar-refractivity contribution in [2.45, 2.75) is 13.5 Å². The second-order valence-electron chi connectivity index (χ2n) is 5.04. The minimum atomic E-state index is -0.803. The van der Waals surface area contributed by atoms with Gasteiger partial charge < -0.3 is 15.3 Å². The Morgan fingerprint density at radius 2 is 2.10 bits per heavy atom. The molecule has 2 rings (SSSR count). The number of benzene rings is 1. The molecular weight excluding hydrogens is 324 g/mol. The van der Waals surface area contributed by atoms with Crippen LogP contribution in [0, 0.1) is 11.8 Å². The van der Waals surface area contributed by atoms with Crippen molar-refractivity contribution in [3.63, 3.8) is 0 Å². The van der Waals surface area contributed by atoms with Crippen LogP contribution in [0.4, 0.5) is 4.79 Å². The van der Waals surface area contributed by atoms with E-state index in [1.807, 2.05) is 24.3 Å². The number of hydrogen-bond donors (Lipinski definition) is 2. The molecule has 6 heteroatoms. The molecule has 1 fully saturated rings. The lowest BCUT2D eigenvalue weighted by atomic mass is 9.87. The van der Waals surface area contributed by atoms with Crippen LogP contribution in [0.1, 0.15) is 12.5 Å². The first-order valence-electron chi connectivity index (χ1n) is 6.48. The van der Waals surface area contributed by atoms with Gasteiger partial charge in [0.15, 0.2) is 0 Å². The Morgan fingerprint density at radius 3 is 2.70 bits per heavy atom. The average molecular weight is 341 g/mol. The predicted molar refractivity (Wildman–Crippen MR) is 78.2 cm³/mol. The number of nitrogens with zero attached hydrogens (tertiary/aromatic N) is 1. The lowest BCUT2D eigenvalue weighted by molar-refractivity contribution is -0.144. The second-order valence-corrected chi connectivity index (χ2v) is 5.90. The van der Waals surface area contributed by atoms with Crippen molar-refractivity contribution in [3.8, 4) is 0 Å². The SMILES string of the molecule is CC(C(=O)O)C1CN(C(=O)NCc2ccccc2Br)C1. The predicted octanol–water partition coefficient (Wildman–Crippen LogP) is 2.31. The van der Waals surface area contributed by atoms with E-state index in [4.69, 9.17) is 5.11 Å². The molecule has 1 aliphatic heterocycles. The van der Waals surface area contributed by atoms with Crippen LogP contribution in [0.25, 0.3) is 0 Å². The van der Waals surface area contributed by atoms with Gasteiger partial charge in [-0.1, -0.05) is 41.1 Å². The molecule has 0 aliphatic carbocycles. The van der Waals surface area contributed by atoms with Gasteiger partial charge in [-0.05, 0) is 11.6 Å². The van der Waals surface area contributed by atoms with E-state index >= 15 is 0 Å². The highest BCUT2D eigenvalue weighted by molar-refractivity contribution is 9.10. The summed E-state index contributed by atoms with van der Waals surface area (Å²) in [6.07, 6.45) is 0. The number of rotatable bonds is 4. The lowest BCUT2D eigenvalue weighted by Gasteiger charge is -2.41. The molecule has 0 aromatic heterocycles. The summed E-state index contributed by atoms with van der Waals surface area (Å²) in [6, 6.07) is 7.56. The van der Waals surface area contributed by atoms with E-state index in [-0.39, 0.29) is 11.9 Å². The zero-order valence-corrected chi connectivity index (χ0v) is 12.8. The molecular formula is C14H17BrN2O3. The quantitative estimate of drug-likeness (QED) is 0.883. The zero-order valence-electron chi connectivity index (χ0n) is 11.2. The van der Waals surface area contributed by atoms with Crippen molar-refractivity contribution >= 4 is 27.9 Å². The highest BCUT2D eigenvalue weighted by Gasteiger charge is 2.37. The first-order valence-corrected chi connectivity index (χ1v) is 7.27. The first-order chi connectivity index (χ1) is 9.49. The monoisotopic (exact) mass is 340 g/mol. The van der Waals surface area contributed by atoms with Crippen LogP contribution in [0.5, 0.6) is 0 Å². The fourth-order valence-corrected chi connectivity index (χ4v) is 2.55. The normalized spacial score (nSPS) is 16.4. The third-order valence-corrected chi connectivity index (χ3v) is 4.46. The van der Waals surface area contributed by atoms with Gasteiger partial charge in [0.2, 0.25) is 0 Å². The number of carboxylic acid groups (broad SMARTS) is 1. The Kier molecular flexibility index (Phi) is 4.65. The van der Waals surface area contributed by atoms with E-state index in [1.54, 1.807) is 11.8 Å². The molecule has 0 radical (unpaired) electrons. The summed E-state index contributed by atoms with van der Waals surface area (Å²) in [5.74, 6) is -1.15. The van der Waals surface area contributed by atoms with E-state index < -0.39 is 11.9 Å². The third-order valence-electron chi connectivity index (χ3n) is 3.68. The van der Waals surface area contributed by atoms with Gasteiger partial charge in [0.25, 0.3) is 0 Å². The summed E-state index contributed by atoms with van der Waals surface area (Å²) >= 11 is 3.43. The fraction of sp³-hybridized carbons (Fsp3) is 0.429. The van der Waals surface area contributed by atoms with Crippen molar-refractivity contribution in [3.05, 3.63) is 34.3 Å². The highest BCUT2D eigenvalue weighted by Crippen LogP contribution is 2.24. The van der Waals surface area contributed by atoms with Crippen LogP contribution in [-0.2, 0) is 11.3 Å². The molecule has 2 N–H and O–H groups in total. The van der Waals surface area contributed by atoms with E-state index in [9.17, 15) is 9.59 Å². The van der Waals surface area contributed by atoms with Gasteiger partial charge in [-0.3, -0.25) is 4.79 Å². The molecule has 0 bridgehead atoms. The Hall–Kier alpha value is -1.56. The average Bonchev–Trinajstić information content (AvgIpc) is 2.35. The number of hydrogen-bond acceptors (Lipinski definition) is 2. The van der Waals surface area contributed by atoms with E-state index in [0.717, 1.165) is 10.0 Å². The van der Waals surface area contributed by atoms with E-state index in [0.29, 0.717) is 19.6 Å². The molecule has 1 saturated heterocycles. The molecule has 1 heterocycles. The van der Waals surface area contributed by atoms with Crippen LogP contribution >= 0.6 is 15.9 Å². The summed E-state index contributed by atoms with van der Waals surface area (Å²) in [5.41, 5.74) is 1.01. The molecule has 5 nitrogen and oxygen atoms in total. The molecule has 1 unspecified atom stereocenters. The van der Waals surface area contributed by atoms with Crippen molar-refractivity contribution < 1.29 is 14.7 Å². The molecule has 1 aromatic rings. The molecule has 1 aromatic carbocycles. The number of aliphatic carboxylic acids is 1. The number of nitrogens with one attached hydrogen (secondary N) is 1. The van der Waals surface area contributed by atoms with Crippen molar-refractivity contribution in [1.82, 2.24) is 10.2 Å². The first kappa shape index (κ1) is 14.8. The minimum absolute atomic E-state index is 0.0571. The second kappa shape index (κ2) is 6.26. The number of carbonyl (C=O) groups is 2. The fourth-order valence-electron chi connectivity index (χ4n) is 2.12.